The van der Waals surface area contributed by atoms with E-state index in [9.17, 15) is 13.2 Å². The van der Waals surface area contributed by atoms with Gasteiger partial charge < -0.3 is 10.1 Å². The van der Waals surface area contributed by atoms with Crippen LogP contribution in [-0.2, 0) is 14.8 Å². The highest BCUT2D eigenvalue weighted by Crippen LogP contribution is 2.25. The predicted octanol–water partition coefficient (Wildman–Crippen LogP) is 3.51. The van der Waals surface area contributed by atoms with E-state index in [2.05, 4.69) is 5.32 Å². The SMILES string of the molecule is CC(C)Oc1cccc(NC(=O)[C@@H]2CCCN(S(=O)(=O)c3ccccc3)C2)c1. The zero-order valence-corrected chi connectivity index (χ0v) is 17.0. The van der Waals surface area contributed by atoms with Crippen LogP contribution in [0.5, 0.6) is 5.75 Å². The van der Waals surface area contributed by atoms with Crippen molar-refractivity contribution in [2.75, 3.05) is 18.4 Å². The van der Waals surface area contributed by atoms with Crippen LogP contribution in [0.15, 0.2) is 59.5 Å². The van der Waals surface area contributed by atoms with Crippen molar-refractivity contribution in [3.8, 4) is 5.75 Å². The van der Waals surface area contributed by atoms with Gasteiger partial charge in [-0.05, 0) is 51.0 Å². The number of carbonyl (C=O) groups excluding carboxylic acids is 1. The minimum atomic E-state index is -3.59. The van der Waals surface area contributed by atoms with Gasteiger partial charge in [-0.3, -0.25) is 4.79 Å². The molecule has 0 spiro atoms. The largest absolute Gasteiger partial charge is 0.491 e. The van der Waals surface area contributed by atoms with Crippen molar-refractivity contribution in [3.63, 3.8) is 0 Å². The highest BCUT2D eigenvalue weighted by atomic mass is 32.2. The van der Waals surface area contributed by atoms with Gasteiger partial charge in [0.2, 0.25) is 15.9 Å². The number of nitrogens with zero attached hydrogens (tertiary/aromatic N) is 1. The Morgan fingerprint density at radius 3 is 2.61 bits per heavy atom. The number of carbonyl (C=O) groups is 1. The standard InChI is InChI=1S/C21H26N2O4S/c1-16(2)27-19-10-6-9-18(14-19)22-21(24)17-8-7-13-23(15-17)28(25,26)20-11-4-3-5-12-20/h3-6,9-12,14,16-17H,7-8,13,15H2,1-2H3,(H,22,24)/t17-/m1/s1. The maximum Gasteiger partial charge on any atom is 0.243 e. The van der Waals surface area contributed by atoms with E-state index in [1.165, 1.54) is 4.31 Å². The Bertz CT molecular complexity index is 913. The Morgan fingerprint density at radius 2 is 1.89 bits per heavy atom. The molecule has 1 heterocycles. The van der Waals surface area contributed by atoms with E-state index in [1.807, 2.05) is 26.0 Å². The van der Waals surface area contributed by atoms with Crippen molar-refractivity contribution in [1.82, 2.24) is 4.31 Å². The predicted molar refractivity (Wildman–Crippen MR) is 109 cm³/mol. The molecule has 1 atom stereocenters. The molecule has 2 aromatic rings. The fourth-order valence-electron chi connectivity index (χ4n) is 3.28. The summed E-state index contributed by atoms with van der Waals surface area (Å²) in [4.78, 5) is 13.0. The lowest BCUT2D eigenvalue weighted by Crippen LogP contribution is -2.43. The molecule has 0 aromatic heterocycles. The van der Waals surface area contributed by atoms with Crippen molar-refractivity contribution in [1.29, 1.82) is 0 Å². The van der Waals surface area contributed by atoms with Gasteiger partial charge in [-0.25, -0.2) is 8.42 Å². The topological polar surface area (TPSA) is 75.7 Å². The van der Waals surface area contributed by atoms with Gasteiger partial charge >= 0.3 is 0 Å². The number of piperidine rings is 1. The van der Waals surface area contributed by atoms with Gasteiger partial charge in [0, 0.05) is 24.8 Å². The molecule has 1 saturated heterocycles. The second-order valence-corrected chi connectivity index (χ2v) is 9.14. The zero-order valence-electron chi connectivity index (χ0n) is 16.2. The van der Waals surface area contributed by atoms with Gasteiger partial charge in [-0.1, -0.05) is 24.3 Å². The average Bonchev–Trinajstić information content (AvgIpc) is 2.68. The van der Waals surface area contributed by atoms with Crippen LogP contribution in [0, 0.1) is 5.92 Å². The summed E-state index contributed by atoms with van der Waals surface area (Å²) < 4.78 is 32.7. The molecule has 1 fully saturated rings. The second-order valence-electron chi connectivity index (χ2n) is 7.20. The quantitative estimate of drug-likeness (QED) is 0.802. The minimum Gasteiger partial charge on any atom is -0.491 e. The number of anilines is 1. The van der Waals surface area contributed by atoms with Gasteiger partial charge in [-0.15, -0.1) is 0 Å². The summed E-state index contributed by atoms with van der Waals surface area (Å²) in [6.45, 7) is 4.49. The van der Waals surface area contributed by atoms with E-state index < -0.39 is 10.0 Å². The number of nitrogens with one attached hydrogen (secondary N) is 1. The first-order chi connectivity index (χ1) is 13.4. The van der Waals surface area contributed by atoms with Crippen LogP contribution < -0.4 is 10.1 Å². The maximum atomic E-state index is 12.8. The van der Waals surface area contributed by atoms with Gasteiger partial charge in [0.15, 0.2) is 0 Å². The monoisotopic (exact) mass is 402 g/mol. The molecule has 150 valence electrons. The summed E-state index contributed by atoms with van der Waals surface area (Å²) in [5, 5.41) is 2.90. The van der Waals surface area contributed by atoms with Crippen molar-refractivity contribution in [2.45, 2.75) is 37.7 Å². The third kappa shape index (κ3) is 4.91. The second kappa shape index (κ2) is 8.75. The van der Waals surface area contributed by atoms with Crippen molar-refractivity contribution in [3.05, 3.63) is 54.6 Å². The van der Waals surface area contributed by atoms with E-state index >= 15 is 0 Å². The molecule has 6 nitrogen and oxygen atoms in total. The number of hydrogen-bond acceptors (Lipinski definition) is 4. The molecule has 7 heteroatoms. The molecule has 0 bridgehead atoms. The van der Waals surface area contributed by atoms with Crippen molar-refractivity contribution < 1.29 is 17.9 Å². The number of benzene rings is 2. The molecule has 1 amide bonds. The Hall–Kier alpha value is -2.38. The number of rotatable bonds is 6. The van der Waals surface area contributed by atoms with Crippen LogP contribution in [0.2, 0.25) is 0 Å². The van der Waals surface area contributed by atoms with Crippen LogP contribution in [0.25, 0.3) is 0 Å². The van der Waals surface area contributed by atoms with E-state index in [4.69, 9.17) is 4.74 Å². The summed E-state index contributed by atoms with van der Waals surface area (Å²) in [7, 11) is -3.59. The molecule has 1 aliphatic rings. The molecule has 0 aliphatic carbocycles. The molecule has 28 heavy (non-hydrogen) atoms. The highest BCUT2D eigenvalue weighted by Gasteiger charge is 2.33. The lowest BCUT2D eigenvalue weighted by Gasteiger charge is -2.31. The van der Waals surface area contributed by atoms with E-state index in [0.717, 1.165) is 0 Å². The molecular weight excluding hydrogens is 376 g/mol. The lowest BCUT2D eigenvalue weighted by atomic mass is 9.98. The third-order valence-corrected chi connectivity index (χ3v) is 6.49. The first-order valence-electron chi connectivity index (χ1n) is 9.49. The van der Waals surface area contributed by atoms with Crippen LogP contribution >= 0.6 is 0 Å². The summed E-state index contributed by atoms with van der Waals surface area (Å²) in [5.74, 6) is 0.126. The van der Waals surface area contributed by atoms with Crippen molar-refractivity contribution >= 4 is 21.6 Å². The van der Waals surface area contributed by atoms with Crippen LogP contribution in [0.3, 0.4) is 0 Å². The lowest BCUT2D eigenvalue weighted by molar-refractivity contribution is -0.120. The van der Waals surface area contributed by atoms with E-state index in [0.29, 0.717) is 30.8 Å². The third-order valence-electron chi connectivity index (χ3n) is 4.61. The smallest absolute Gasteiger partial charge is 0.243 e. The molecule has 0 unspecified atom stereocenters. The van der Waals surface area contributed by atoms with Gasteiger partial charge in [0.25, 0.3) is 0 Å². The first kappa shape index (κ1) is 20.4. The number of ether oxygens (including phenoxy) is 1. The number of amides is 1. The van der Waals surface area contributed by atoms with Crippen LogP contribution in [0.1, 0.15) is 26.7 Å². The molecule has 3 rings (SSSR count). The van der Waals surface area contributed by atoms with Gasteiger partial charge in [0.05, 0.1) is 16.9 Å². The normalized spacial score (nSPS) is 18.0. The Kier molecular flexibility index (Phi) is 6.36. The first-order valence-corrected chi connectivity index (χ1v) is 10.9. The number of sulfonamides is 1. The van der Waals surface area contributed by atoms with Gasteiger partial charge in [-0.2, -0.15) is 4.31 Å². The minimum absolute atomic E-state index is 0.0426. The van der Waals surface area contributed by atoms with Gasteiger partial charge in [0.1, 0.15) is 5.75 Å². The highest BCUT2D eigenvalue weighted by molar-refractivity contribution is 7.89. The number of hydrogen-bond donors (Lipinski definition) is 1. The fourth-order valence-corrected chi connectivity index (χ4v) is 4.82. The average molecular weight is 403 g/mol. The molecule has 1 aliphatic heterocycles. The van der Waals surface area contributed by atoms with Crippen LogP contribution in [0.4, 0.5) is 5.69 Å². The van der Waals surface area contributed by atoms with E-state index in [1.54, 1.807) is 42.5 Å². The molecular formula is C21H26N2O4S. The van der Waals surface area contributed by atoms with E-state index in [-0.39, 0.29) is 29.4 Å². The molecule has 1 N–H and O–H groups in total. The summed E-state index contributed by atoms with van der Waals surface area (Å²) in [6, 6.07) is 15.6. The summed E-state index contributed by atoms with van der Waals surface area (Å²) in [6.07, 6.45) is 1.36. The summed E-state index contributed by atoms with van der Waals surface area (Å²) >= 11 is 0. The van der Waals surface area contributed by atoms with Crippen molar-refractivity contribution in [2.24, 2.45) is 5.92 Å². The fraction of sp³-hybridized carbons (Fsp3) is 0.381. The Labute approximate surface area is 166 Å². The molecule has 2 aromatic carbocycles. The van der Waals surface area contributed by atoms with Crippen LogP contribution in [-0.4, -0.2) is 37.8 Å². The Morgan fingerprint density at radius 1 is 1.14 bits per heavy atom. The molecule has 0 radical (unpaired) electrons. The Balaban J connectivity index is 1.68. The zero-order chi connectivity index (χ0) is 20.1. The maximum absolute atomic E-state index is 12.8. The summed E-state index contributed by atoms with van der Waals surface area (Å²) in [5.41, 5.74) is 0.645. The molecule has 0 saturated carbocycles.